The van der Waals surface area contributed by atoms with E-state index in [-0.39, 0.29) is 10.8 Å². The zero-order chi connectivity index (χ0) is 19.2. The van der Waals surface area contributed by atoms with Crippen molar-refractivity contribution in [1.82, 2.24) is 9.29 Å². The largest absolute Gasteiger partial charge is 0.325 e. The number of thioether (sulfide) groups is 2. The Morgan fingerprint density at radius 3 is 2.54 bits per heavy atom. The molecule has 1 aromatic heterocycles. The molecule has 1 N–H and O–H groups in total. The smallest absolute Gasteiger partial charge is 0.244 e. The molecule has 0 saturated carbocycles. The molecular formula is C17H21N3O3S3. The maximum atomic E-state index is 12.1. The van der Waals surface area contributed by atoms with Crippen LogP contribution >= 0.6 is 23.5 Å². The van der Waals surface area contributed by atoms with Gasteiger partial charge in [-0.1, -0.05) is 12.1 Å². The monoisotopic (exact) mass is 411 g/mol. The van der Waals surface area contributed by atoms with E-state index < -0.39 is 10.0 Å². The van der Waals surface area contributed by atoms with Crippen LogP contribution in [-0.4, -0.2) is 49.7 Å². The van der Waals surface area contributed by atoms with Gasteiger partial charge in [-0.3, -0.25) is 4.79 Å². The highest BCUT2D eigenvalue weighted by atomic mass is 32.2. The van der Waals surface area contributed by atoms with Crippen LogP contribution in [0, 0.1) is 0 Å². The lowest BCUT2D eigenvalue weighted by atomic mass is 10.3. The van der Waals surface area contributed by atoms with Gasteiger partial charge in [0.25, 0.3) is 0 Å². The van der Waals surface area contributed by atoms with Gasteiger partial charge >= 0.3 is 0 Å². The van der Waals surface area contributed by atoms with Crippen molar-refractivity contribution in [3.63, 3.8) is 0 Å². The minimum Gasteiger partial charge on any atom is -0.325 e. The number of rotatable bonds is 8. The number of benzene rings is 1. The van der Waals surface area contributed by atoms with Gasteiger partial charge in [-0.05, 0) is 30.5 Å². The second-order valence-corrected chi connectivity index (χ2v) is 9.58. The average Bonchev–Trinajstić information content (AvgIpc) is 2.62. The molecule has 1 amide bonds. The lowest BCUT2D eigenvalue weighted by Gasteiger charge is -2.11. The zero-order valence-corrected chi connectivity index (χ0v) is 17.2. The fourth-order valence-electron chi connectivity index (χ4n) is 2.02. The molecule has 1 heterocycles. The molecule has 140 valence electrons. The number of hydrogen-bond acceptors (Lipinski definition) is 6. The molecule has 6 nitrogen and oxygen atoms in total. The number of nitrogens with one attached hydrogen (secondary N) is 1. The summed E-state index contributed by atoms with van der Waals surface area (Å²) in [5.41, 5.74) is 0.811. The van der Waals surface area contributed by atoms with Gasteiger partial charge in [0.05, 0.1) is 10.7 Å². The second kappa shape index (κ2) is 9.40. The molecule has 9 heteroatoms. The molecule has 26 heavy (non-hydrogen) atoms. The van der Waals surface area contributed by atoms with E-state index in [2.05, 4.69) is 10.3 Å². The molecule has 0 saturated heterocycles. The second-order valence-electron chi connectivity index (χ2n) is 5.47. The SMILES string of the molecule is CSc1ccccc1NC(=O)CCSc1ccc(S(=O)(=O)N(C)C)cn1. The summed E-state index contributed by atoms with van der Waals surface area (Å²) in [6, 6.07) is 10.8. The van der Waals surface area contributed by atoms with Crippen molar-refractivity contribution < 1.29 is 13.2 Å². The molecule has 0 unspecified atom stereocenters. The summed E-state index contributed by atoms with van der Waals surface area (Å²) < 4.78 is 25.1. The summed E-state index contributed by atoms with van der Waals surface area (Å²) in [7, 11) is -0.517. The first-order valence-electron chi connectivity index (χ1n) is 7.79. The molecular weight excluding hydrogens is 390 g/mol. The van der Waals surface area contributed by atoms with Crippen LogP contribution in [0.15, 0.2) is 57.4 Å². The minimum atomic E-state index is -3.47. The quantitative estimate of drug-likeness (QED) is 0.672. The summed E-state index contributed by atoms with van der Waals surface area (Å²) in [5, 5.41) is 3.59. The van der Waals surface area contributed by atoms with Crippen molar-refractivity contribution in [3.8, 4) is 0 Å². The number of sulfonamides is 1. The van der Waals surface area contributed by atoms with Crippen LogP contribution in [0.4, 0.5) is 5.69 Å². The van der Waals surface area contributed by atoms with Gasteiger partial charge in [0.2, 0.25) is 15.9 Å². The van der Waals surface area contributed by atoms with Gasteiger partial charge in [-0.2, -0.15) is 0 Å². The van der Waals surface area contributed by atoms with Crippen molar-refractivity contribution in [2.24, 2.45) is 0 Å². The van der Waals surface area contributed by atoms with Crippen LogP contribution in [0.2, 0.25) is 0 Å². The van der Waals surface area contributed by atoms with E-state index in [4.69, 9.17) is 0 Å². The van der Waals surface area contributed by atoms with E-state index in [0.717, 1.165) is 14.9 Å². The number of para-hydroxylation sites is 1. The van der Waals surface area contributed by atoms with E-state index in [1.807, 2.05) is 30.5 Å². The molecule has 0 aliphatic rings. The third-order valence-electron chi connectivity index (χ3n) is 3.45. The summed E-state index contributed by atoms with van der Waals surface area (Å²) in [5.74, 6) is 0.492. The summed E-state index contributed by atoms with van der Waals surface area (Å²) in [4.78, 5) is 17.4. The molecule has 0 aliphatic carbocycles. The molecule has 0 aliphatic heterocycles. The highest BCUT2D eigenvalue weighted by Gasteiger charge is 2.17. The molecule has 0 fully saturated rings. The first-order chi connectivity index (χ1) is 12.3. The molecule has 0 spiro atoms. The maximum absolute atomic E-state index is 12.1. The Bertz CT molecular complexity index is 853. The minimum absolute atomic E-state index is 0.0641. The van der Waals surface area contributed by atoms with E-state index >= 15 is 0 Å². The third kappa shape index (κ3) is 5.47. The topological polar surface area (TPSA) is 79.4 Å². The number of carbonyl (C=O) groups excluding carboxylic acids is 1. The van der Waals surface area contributed by atoms with E-state index in [9.17, 15) is 13.2 Å². The zero-order valence-electron chi connectivity index (χ0n) is 14.8. The van der Waals surface area contributed by atoms with Gasteiger partial charge in [0.1, 0.15) is 4.90 Å². The van der Waals surface area contributed by atoms with Gasteiger partial charge < -0.3 is 5.32 Å². The van der Waals surface area contributed by atoms with E-state index in [0.29, 0.717) is 17.2 Å². The molecule has 0 bridgehead atoms. The van der Waals surface area contributed by atoms with Gasteiger partial charge in [0, 0.05) is 37.4 Å². The van der Waals surface area contributed by atoms with Crippen LogP contribution in [0.1, 0.15) is 6.42 Å². The number of anilines is 1. The van der Waals surface area contributed by atoms with Crippen molar-refractivity contribution in [3.05, 3.63) is 42.6 Å². The standard InChI is InChI=1S/C17H21N3O3S3/c1-20(2)26(22,23)13-8-9-17(18-12-13)25-11-10-16(21)19-14-6-4-5-7-15(14)24-3/h4-9,12H,10-11H2,1-3H3,(H,19,21). The third-order valence-corrected chi connectivity index (χ3v) is 6.99. The van der Waals surface area contributed by atoms with Crippen molar-refractivity contribution in [1.29, 1.82) is 0 Å². The molecule has 1 aromatic carbocycles. The number of amides is 1. The summed E-state index contributed by atoms with van der Waals surface area (Å²) in [6.07, 6.45) is 3.64. The fraction of sp³-hybridized carbons (Fsp3) is 0.294. The molecule has 2 aromatic rings. The normalized spacial score (nSPS) is 11.5. The number of nitrogens with zero attached hydrogens (tertiary/aromatic N) is 2. The predicted molar refractivity (Wildman–Crippen MR) is 107 cm³/mol. The molecule has 0 atom stereocenters. The summed E-state index contributed by atoms with van der Waals surface area (Å²) >= 11 is 2.99. The van der Waals surface area contributed by atoms with Crippen LogP contribution in [-0.2, 0) is 14.8 Å². The first-order valence-corrected chi connectivity index (χ1v) is 11.4. The van der Waals surface area contributed by atoms with Gasteiger partial charge in [-0.25, -0.2) is 17.7 Å². The molecule has 2 rings (SSSR count). The van der Waals surface area contributed by atoms with Crippen molar-refractivity contribution >= 4 is 45.1 Å². The Balaban J connectivity index is 1.87. The van der Waals surface area contributed by atoms with Crippen LogP contribution in [0.5, 0.6) is 0 Å². The lowest BCUT2D eigenvalue weighted by molar-refractivity contribution is -0.115. The number of carbonyl (C=O) groups is 1. The average molecular weight is 412 g/mol. The Kier molecular flexibility index (Phi) is 7.51. The highest BCUT2D eigenvalue weighted by molar-refractivity contribution is 7.99. The van der Waals surface area contributed by atoms with Crippen molar-refractivity contribution in [2.45, 2.75) is 21.2 Å². The van der Waals surface area contributed by atoms with Crippen LogP contribution in [0.25, 0.3) is 0 Å². The number of hydrogen-bond donors (Lipinski definition) is 1. The van der Waals surface area contributed by atoms with Crippen molar-refractivity contribution in [2.75, 3.05) is 31.4 Å². The Hall–Kier alpha value is -1.55. The summed E-state index contributed by atoms with van der Waals surface area (Å²) in [6.45, 7) is 0. The van der Waals surface area contributed by atoms with E-state index in [1.165, 1.54) is 38.1 Å². The number of aromatic nitrogens is 1. The fourth-order valence-corrected chi connectivity index (χ4v) is 4.21. The Morgan fingerprint density at radius 1 is 1.19 bits per heavy atom. The Labute approximate surface area is 162 Å². The number of pyridine rings is 1. The van der Waals surface area contributed by atoms with Gasteiger partial charge in [0.15, 0.2) is 0 Å². The maximum Gasteiger partial charge on any atom is 0.244 e. The predicted octanol–water partition coefficient (Wildman–Crippen LogP) is 3.17. The molecule has 0 radical (unpaired) electrons. The van der Waals surface area contributed by atoms with E-state index in [1.54, 1.807) is 17.8 Å². The highest BCUT2D eigenvalue weighted by Crippen LogP contribution is 2.25. The van der Waals surface area contributed by atoms with Crippen LogP contribution < -0.4 is 5.32 Å². The van der Waals surface area contributed by atoms with Crippen LogP contribution in [0.3, 0.4) is 0 Å². The van der Waals surface area contributed by atoms with Gasteiger partial charge in [-0.15, -0.1) is 23.5 Å². The first kappa shape index (κ1) is 20.8. The lowest BCUT2D eigenvalue weighted by Crippen LogP contribution is -2.22. The Morgan fingerprint density at radius 2 is 1.92 bits per heavy atom.